The van der Waals surface area contributed by atoms with Crippen LogP contribution in [-0.2, 0) is 0 Å². The van der Waals surface area contributed by atoms with Gasteiger partial charge in [-0.25, -0.2) is 4.98 Å². The third-order valence-corrected chi connectivity index (χ3v) is 13.1. The smallest absolute Gasteiger partial charge is 0.140 e. The van der Waals surface area contributed by atoms with E-state index in [2.05, 4.69) is 243 Å². The maximum Gasteiger partial charge on any atom is 0.140 e. The number of para-hydroxylation sites is 6. The van der Waals surface area contributed by atoms with Crippen molar-refractivity contribution in [3.05, 3.63) is 224 Å². The van der Waals surface area contributed by atoms with E-state index in [1.165, 1.54) is 21.5 Å². The average molecular weight is 814 g/mol. The Morgan fingerprint density at radius 1 is 0.281 bits per heavy atom. The van der Waals surface area contributed by atoms with E-state index in [4.69, 9.17) is 4.98 Å². The summed E-state index contributed by atoms with van der Waals surface area (Å²) in [5, 5.41) is 9.01. The van der Waals surface area contributed by atoms with Crippen molar-refractivity contribution >= 4 is 87.2 Å². The summed E-state index contributed by atoms with van der Waals surface area (Å²) in [7, 11) is 0. The molecule has 0 radical (unpaired) electrons. The lowest BCUT2D eigenvalue weighted by molar-refractivity contribution is 1.01. The minimum atomic E-state index is 0.815. The van der Waals surface area contributed by atoms with Crippen LogP contribution < -0.4 is 0 Å². The van der Waals surface area contributed by atoms with Crippen molar-refractivity contribution in [2.75, 3.05) is 0 Å². The minimum absolute atomic E-state index is 0.815. The molecule has 14 aromatic rings. The number of benzene rings is 8. The molecule has 0 saturated heterocycles. The lowest BCUT2D eigenvalue weighted by Gasteiger charge is -2.16. The van der Waals surface area contributed by atoms with Gasteiger partial charge in [0.1, 0.15) is 11.6 Å². The van der Waals surface area contributed by atoms with Crippen molar-refractivity contribution in [1.29, 1.82) is 0 Å². The molecule has 296 valence electrons. The molecule has 0 aliphatic rings. The zero-order chi connectivity index (χ0) is 41.9. The highest BCUT2D eigenvalue weighted by Crippen LogP contribution is 2.44. The summed E-state index contributed by atoms with van der Waals surface area (Å²) in [6.45, 7) is 0. The van der Waals surface area contributed by atoms with Gasteiger partial charge in [-0.2, -0.15) is 0 Å². The number of pyridine rings is 1. The van der Waals surface area contributed by atoms with E-state index in [-0.39, 0.29) is 0 Å². The first-order chi connectivity index (χ1) is 31.8. The predicted octanol–water partition coefficient (Wildman–Crippen LogP) is 14.7. The van der Waals surface area contributed by atoms with Gasteiger partial charge in [0.15, 0.2) is 0 Å². The van der Waals surface area contributed by atoms with Gasteiger partial charge in [-0.3, -0.25) is 9.13 Å². The van der Waals surface area contributed by atoms with E-state index < -0.39 is 0 Å². The van der Waals surface area contributed by atoms with Gasteiger partial charge in [0, 0.05) is 43.7 Å². The molecule has 0 saturated carbocycles. The van der Waals surface area contributed by atoms with E-state index in [0.717, 1.165) is 99.8 Å². The topological polar surface area (TPSA) is 32.6 Å². The Balaban J connectivity index is 1.17. The molecule has 0 fully saturated rings. The molecule has 9 aromatic carbocycles. The SMILES string of the molecule is c1c2c3ccccc3n(-c3ccccc3)c2c2c(c#1)c1ccccc1n2-c1cc(-c2ccccc2)cc(-n2c3ccccc3c3ccc4c5ccccc5n(-c5ccccc5)c4c32)n1. The van der Waals surface area contributed by atoms with Gasteiger partial charge >= 0.3 is 0 Å². The highest BCUT2D eigenvalue weighted by atomic mass is 15.2. The molecule has 0 unspecified atom stereocenters. The van der Waals surface area contributed by atoms with Crippen LogP contribution in [-0.4, -0.2) is 23.3 Å². The molecule has 5 heteroatoms. The first kappa shape index (κ1) is 34.8. The molecular formula is C59H35N5. The Bertz CT molecular complexity index is 3920. The van der Waals surface area contributed by atoms with Gasteiger partial charge in [-0.05, 0) is 71.8 Å². The normalized spacial score (nSPS) is 11.9. The summed E-state index contributed by atoms with van der Waals surface area (Å²) in [6, 6.07) is 83.4. The number of nitrogens with zero attached hydrogens (tertiary/aromatic N) is 5. The molecule has 0 amide bonds. The number of rotatable bonds is 5. The molecule has 0 spiro atoms. The molecule has 14 rings (SSSR count). The molecule has 5 nitrogen and oxygen atoms in total. The minimum Gasteiger partial charge on any atom is -0.307 e. The summed E-state index contributed by atoms with van der Waals surface area (Å²) in [6.07, 6.45) is 0. The van der Waals surface area contributed by atoms with E-state index in [9.17, 15) is 0 Å². The number of fused-ring (bicyclic) bond motifs is 14. The molecule has 5 heterocycles. The van der Waals surface area contributed by atoms with Crippen molar-refractivity contribution < 1.29 is 0 Å². The third-order valence-electron chi connectivity index (χ3n) is 13.1. The second-order valence-electron chi connectivity index (χ2n) is 16.6. The Morgan fingerprint density at radius 2 is 0.641 bits per heavy atom. The van der Waals surface area contributed by atoms with Crippen LogP contribution in [0.2, 0.25) is 0 Å². The standard InChI is InChI=1S/C59H35N5/c1-4-18-38(19-5-1)39-36-54(63-52-30-16-12-26-44(52)48-34-32-46-42-24-10-14-28-50(42)61(56(46)58(48)63)40-20-6-2-7-21-40)60-55(37-39)64-53-31-17-13-27-45(53)49-35-33-47-43-25-11-15-29-51(43)62(57(47)59(49)64)41-22-8-3-9-23-41/h1-32,34,36-37H. The quantitative estimate of drug-likeness (QED) is 0.170. The van der Waals surface area contributed by atoms with Gasteiger partial charge < -0.3 is 9.13 Å². The van der Waals surface area contributed by atoms with Crippen LogP contribution in [0.5, 0.6) is 0 Å². The number of hydrogen-bond acceptors (Lipinski definition) is 1. The van der Waals surface area contributed by atoms with Gasteiger partial charge in [0.25, 0.3) is 0 Å². The second-order valence-corrected chi connectivity index (χ2v) is 16.6. The zero-order valence-corrected chi connectivity index (χ0v) is 34.4. The number of hydrogen-bond donors (Lipinski definition) is 0. The maximum atomic E-state index is 5.85. The van der Waals surface area contributed by atoms with Crippen LogP contribution in [0.3, 0.4) is 0 Å². The van der Waals surface area contributed by atoms with Gasteiger partial charge in [0.05, 0.1) is 54.9 Å². The van der Waals surface area contributed by atoms with Crippen molar-refractivity contribution in [2.45, 2.75) is 0 Å². The highest BCUT2D eigenvalue weighted by molar-refractivity contribution is 6.25. The fourth-order valence-electron chi connectivity index (χ4n) is 10.5. The molecule has 0 N–H and O–H groups in total. The van der Waals surface area contributed by atoms with E-state index >= 15 is 0 Å². The lowest BCUT2D eigenvalue weighted by Crippen LogP contribution is -2.06. The van der Waals surface area contributed by atoms with Crippen LogP contribution in [0.25, 0.3) is 121 Å². The van der Waals surface area contributed by atoms with Crippen molar-refractivity contribution in [3.8, 4) is 34.1 Å². The summed E-state index contributed by atoms with van der Waals surface area (Å²) >= 11 is 0. The van der Waals surface area contributed by atoms with Gasteiger partial charge in [0.2, 0.25) is 0 Å². The summed E-state index contributed by atoms with van der Waals surface area (Å²) < 4.78 is 9.60. The highest BCUT2D eigenvalue weighted by Gasteiger charge is 2.25. The predicted molar refractivity (Wildman–Crippen MR) is 265 cm³/mol. The third kappa shape index (κ3) is 4.82. The lowest BCUT2D eigenvalue weighted by atomic mass is 10.1. The average Bonchev–Trinajstić information content (AvgIpc) is 4.10. The van der Waals surface area contributed by atoms with Crippen LogP contribution in [0.4, 0.5) is 0 Å². The molecule has 5 aromatic heterocycles. The van der Waals surface area contributed by atoms with Crippen LogP contribution in [0.15, 0.2) is 212 Å². The molecule has 0 aliphatic heterocycles. The van der Waals surface area contributed by atoms with Gasteiger partial charge in [-0.15, -0.1) is 0 Å². The Hall–Kier alpha value is -8.85. The largest absolute Gasteiger partial charge is 0.307 e. The van der Waals surface area contributed by atoms with E-state index in [0.29, 0.717) is 0 Å². The Kier molecular flexibility index (Phi) is 7.25. The molecule has 0 aliphatic carbocycles. The summed E-state index contributed by atoms with van der Waals surface area (Å²) in [4.78, 5) is 5.85. The second kappa shape index (κ2) is 13.3. The monoisotopic (exact) mass is 813 g/mol. The summed E-state index contributed by atoms with van der Waals surface area (Å²) in [5.41, 5.74) is 13.2. The van der Waals surface area contributed by atoms with E-state index in [1.807, 2.05) is 0 Å². The maximum absolute atomic E-state index is 5.85. The van der Waals surface area contributed by atoms with Crippen molar-refractivity contribution in [3.63, 3.8) is 0 Å². The Labute approximate surface area is 367 Å². The van der Waals surface area contributed by atoms with Gasteiger partial charge in [-0.1, -0.05) is 164 Å². The molecule has 0 bridgehead atoms. The number of aromatic nitrogens is 5. The fraction of sp³-hybridized carbons (Fsp3) is 0. The van der Waals surface area contributed by atoms with Crippen LogP contribution in [0.1, 0.15) is 0 Å². The fourth-order valence-corrected chi connectivity index (χ4v) is 10.5. The van der Waals surface area contributed by atoms with Crippen molar-refractivity contribution in [2.24, 2.45) is 0 Å². The zero-order valence-electron chi connectivity index (χ0n) is 34.4. The molecule has 64 heavy (non-hydrogen) atoms. The molecule has 0 atom stereocenters. The summed E-state index contributed by atoms with van der Waals surface area (Å²) in [5.74, 6) is 1.65. The van der Waals surface area contributed by atoms with Crippen LogP contribution in [0, 0.1) is 12.1 Å². The van der Waals surface area contributed by atoms with Crippen LogP contribution >= 0.6 is 0 Å². The Morgan fingerprint density at radius 3 is 1.17 bits per heavy atom. The van der Waals surface area contributed by atoms with E-state index in [1.54, 1.807) is 0 Å². The van der Waals surface area contributed by atoms with Crippen molar-refractivity contribution in [1.82, 2.24) is 23.3 Å². The molecular weight excluding hydrogens is 779 g/mol. The first-order valence-corrected chi connectivity index (χ1v) is 21.7. The first-order valence-electron chi connectivity index (χ1n) is 21.7.